The molecular formula is C10H5Br2NO2. The molecule has 0 unspecified atom stereocenters. The fourth-order valence-corrected chi connectivity index (χ4v) is 2.15. The number of carboxylic acids is 1. The van der Waals surface area contributed by atoms with Crippen LogP contribution < -0.4 is 0 Å². The SMILES string of the molecule is N#Cc1cc(/C=C/C(=O)O)c(Br)cc1Br. The molecule has 3 nitrogen and oxygen atoms in total. The predicted molar refractivity (Wildman–Crippen MR) is 63.2 cm³/mol. The van der Waals surface area contributed by atoms with E-state index in [1.807, 2.05) is 6.07 Å². The van der Waals surface area contributed by atoms with E-state index in [2.05, 4.69) is 31.9 Å². The first-order valence-corrected chi connectivity index (χ1v) is 5.43. The third-order valence-corrected chi connectivity index (χ3v) is 2.96. The minimum absolute atomic E-state index is 0.461. The molecule has 76 valence electrons. The number of hydrogen-bond acceptors (Lipinski definition) is 2. The predicted octanol–water partition coefficient (Wildman–Crippen LogP) is 3.18. The van der Waals surface area contributed by atoms with Gasteiger partial charge in [0.1, 0.15) is 6.07 Å². The first kappa shape index (κ1) is 12.0. The molecule has 0 aromatic heterocycles. The lowest BCUT2D eigenvalue weighted by atomic mass is 10.1. The van der Waals surface area contributed by atoms with E-state index in [9.17, 15) is 4.79 Å². The van der Waals surface area contributed by atoms with Gasteiger partial charge in [-0.15, -0.1) is 0 Å². The standard InChI is InChI=1S/C10H5Br2NO2/c11-8-4-9(12)7(5-13)3-6(8)1-2-10(14)15/h1-4H,(H,14,15)/b2-1+. The topological polar surface area (TPSA) is 61.1 Å². The van der Waals surface area contributed by atoms with Crippen LogP contribution in [0.1, 0.15) is 11.1 Å². The minimum atomic E-state index is -1.02. The molecule has 1 N–H and O–H groups in total. The summed E-state index contributed by atoms with van der Waals surface area (Å²) in [5.74, 6) is -1.02. The summed E-state index contributed by atoms with van der Waals surface area (Å²) in [6, 6.07) is 5.31. The number of rotatable bonds is 2. The fraction of sp³-hybridized carbons (Fsp3) is 0. The summed E-state index contributed by atoms with van der Waals surface area (Å²) in [6.45, 7) is 0. The number of halogens is 2. The van der Waals surface area contributed by atoms with Crippen molar-refractivity contribution >= 4 is 43.9 Å². The second kappa shape index (κ2) is 5.10. The Morgan fingerprint density at radius 2 is 2.07 bits per heavy atom. The summed E-state index contributed by atoms with van der Waals surface area (Å²) in [5.41, 5.74) is 1.11. The van der Waals surface area contributed by atoms with Crippen LogP contribution in [0.2, 0.25) is 0 Å². The molecule has 0 bridgehead atoms. The van der Waals surface area contributed by atoms with Crippen molar-refractivity contribution in [3.05, 3.63) is 38.3 Å². The molecule has 0 radical (unpaired) electrons. The summed E-state index contributed by atoms with van der Waals surface area (Å²) < 4.78 is 1.40. The van der Waals surface area contributed by atoms with E-state index in [1.54, 1.807) is 12.1 Å². The van der Waals surface area contributed by atoms with Crippen LogP contribution in [-0.2, 0) is 4.79 Å². The van der Waals surface area contributed by atoms with Gasteiger partial charge in [0, 0.05) is 15.0 Å². The van der Waals surface area contributed by atoms with E-state index in [1.165, 1.54) is 6.08 Å². The van der Waals surface area contributed by atoms with E-state index >= 15 is 0 Å². The van der Waals surface area contributed by atoms with Gasteiger partial charge in [0.05, 0.1) is 5.56 Å². The number of carbonyl (C=O) groups is 1. The molecular weight excluding hydrogens is 326 g/mol. The number of benzene rings is 1. The largest absolute Gasteiger partial charge is 0.478 e. The van der Waals surface area contributed by atoms with E-state index in [4.69, 9.17) is 10.4 Å². The fourth-order valence-electron chi connectivity index (χ4n) is 0.940. The smallest absolute Gasteiger partial charge is 0.328 e. The van der Waals surface area contributed by atoms with Crippen LogP contribution in [0.5, 0.6) is 0 Å². The molecule has 0 aliphatic heterocycles. The number of hydrogen-bond donors (Lipinski definition) is 1. The lowest BCUT2D eigenvalue weighted by Crippen LogP contribution is -1.87. The molecule has 1 aromatic carbocycles. The molecule has 0 heterocycles. The molecule has 0 aliphatic rings. The lowest BCUT2D eigenvalue weighted by Gasteiger charge is -2.01. The Hall–Kier alpha value is -1.12. The third-order valence-electron chi connectivity index (χ3n) is 1.61. The van der Waals surface area contributed by atoms with Crippen molar-refractivity contribution in [3.63, 3.8) is 0 Å². The Balaban J connectivity index is 3.20. The zero-order valence-corrected chi connectivity index (χ0v) is 10.5. The van der Waals surface area contributed by atoms with Crippen LogP contribution in [0.4, 0.5) is 0 Å². The molecule has 15 heavy (non-hydrogen) atoms. The van der Waals surface area contributed by atoms with Crippen LogP contribution in [0, 0.1) is 11.3 Å². The monoisotopic (exact) mass is 329 g/mol. The molecule has 0 amide bonds. The molecule has 0 saturated heterocycles. The summed E-state index contributed by atoms with van der Waals surface area (Å²) in [6.07, 6.45) is 2.45. The van der Waals surface area contributed by atoms with Gasteiger partial charge in [-0.3, -0.25) is 0 Å². The van der Waals surface area contributed by atoms with Gasteiger partial charge in [0.15, 0.2) is 0 Å². The van der Waals surface area contributed by atoms with Gasteiger partial charge in [-0.1, -0.05) is 15.9 Å². The lowest BCUT2D eigenvalue weighted by molar-refractivity contribution is -0.131. The van der Waals surface area contributed by atoms with Crippen LogP contribution >= 0.6 is 31.9 Å². The van der Waals surface area contributed by atoms with Gasteiger partial charge in [-0.05, 0) is 39.7 Å². The zero-order chi connectivity index (χ0) is 11.4. The van der Waals surface area contributed by atoms with E-state index in [0.29, 0.717) is 15.6 Å². The number of nitrogens with zero attached hydrogens (tertiary/aromatic N) is 1. The Labute approximate surface area is 103 Å². The normalized spacial score (nSPS) is 10.2. The van der Waals surface area contributed by atoms with Gasteiger partial charge in [0.25, 0.3) is 0 Å². The highest BCUT2D eigenvalue weighted by Gasteiger charge is 2.04. The highest BCUT2D eigenvalue weighted by Crippen LogP contribution is 2.26. The maximum Gasteiger partial charge on any atom is 0.328 e. The molecule has 0 fully saturated rings. The Bertz CT molecular complexity index is 475. The molecule has 0 aliphatic carbocycles. The van der Waals surface area contributed by atoms with E-state index in [-0.39, 0.29) is 0 Å². The average molecular weight is 331 g/mol. The third kappa shape index (κ3) is 3.18. The highest BCUT2D eigenvalue weighted by atomic mass is 79.9. The van der Waals surface area contributed by atoms with Gasteiger partial charge >= 0.3 is 5.97 Å². The van der Waals surface area contributed by atoms with Gasteiger partial charge in [0.2, 0.25) is 0 Å². The second-order valence-electron chi connectivity index (χ2n) is 2.64. The highest BCUT2D eigenvalue weighted by molar-refractivity contribution is 9.11. The van der Waals surface area contributed by atoms with Crippen molar-refractivity contribution in [1.82, 2.24) is 0 Å². The molecule has 1 aromatic rings. The maximum atomic E-state index is 10.3. The number of carboxylic acid groups (broad SMARTS) is 1. The van der Waals surface area contributed by atoms with Gasteiger partial charge in [-0.25, -0.2) is 4.79 Å². The molecule has 0 atom stereocenters. The van der Waals surface area contributed by atoms with Crippen LogP contribution in [0.25, 0.3) is 6.08 Å². The van der Waals surface area contributed by atoms with Crippen molar-refractivity contribution in [2.45, 2.75) is 0 Å². The summed E-state index contributed by atoms with van der Waals surface area (Å²) in [4.78, 5) is 10.3. The van der Waals surface area contributed by atoms with Gasteiger partial charge < -0.3 is 5.11 Å². The first-order chi connectivity index (χ1) is 7.04. The summed E-state index contributed by atoms with van der Waals surface area (Å²) >= 11 is 6.51. The average Bonchev–Trinajstić information content (AvgIpc) is 2.16. The van der Waals surface area contributed by atoms with Crippen LogP contribution in [0.3, 0.4) is 0 Å². The van der Waals surface area contributed by atoms with Crippen LogP contribution in [0.15, 0.2) is 27.2 Å². The Morgan fingerprint density at radius 1 is 1.40 bits per heavy atom. The molecule has 0 saturated carbocycles. The van der Waals surface area contributed by atoms with Crippen molar-refractivity contribution in [3.8, 4) is 6.07 Å². The van der Waals surface area contributed by atoms with Crippen molar-refractivity contribution < 1.29 is 9.90 Å². The maximum absolute atomic E-state index is 10.3. The number of aliphatic carboxylic acids is 1. The van der Waals surface area contributed by atoms with Crippen molar-refractivity contribution in [2.75, 3.05) is 0 Å². The van der Waals surface area contributed by atoms with E-state index < -0.39 is 5.97 Å². The van der Waals surface area contributed by atoms with Crippen LogP contribution in [-0.4, -0.2) is 11.1 Å². The minimum Gasteiger partial charge on any atom is -0.478 e. The second-order valence-corrected chi connectivity index (χ2v) is 4.35. The van der Waals surface area contributed by atoms with Crippen molar-refractivity contribution in [2.24, 2.45) is 0 Å². The Morgan fingerprint density at radius 3 is 2.60 bits per heavy atom. The van der Waals surface area contributed by atoms with E-state index in [0.717, 1.165) is 10.5 Å². The molecule has 1 rings (SSSR count). The summed E-state index contributed by atoms with van der Waals surface area (Å²) in [7, 11) is 0. The quantitative estimate of drug-likeness (QED) is 0.847. The molecule has 0 spiro atoms. The first-order valence-electron chi connectivity index (χ1n) is 3.84. The molecule has 5 heteroatoms. The Kier molecular flexibility index (Phi) is 4.06. The van der Waals surface area contributed by atoms with Crippen molar-refractivity contribution in [1.29, 1.82) is 5.26 Å². The number of nitriles is 1. The zero-order valence-electron chi connectivity index (χ0n) is 7.37. The van der Waals surface area contributed by atoms with Gasteiger partial charge in [-0.2, -0.15) is 5.26 Å². The summed E-state index contributed by atoms with van der Waals surface area (Å²) in [5, 5.41) is 17.2.